The zero-order valence-corrected chi connectivity index (χ0v) is 7.35. The molecule has 2 N–H and O–H groups in total. The fraction of sp³-hybridized carbons (Fsp3) is 0.400. The minimum atomic E-state index is -2.77. The van der Waals surface area contributed by atoms with Crippen molar-refractivity contribution in [2.45, 2.75) is 25.3 Å². The smallest absolute Gasteiger partial charge is 0.271 e. The first-order chi connectivity index (χ1) is 6.02. The van der Waals surface area contributed by atoms with Crippen molar-refractivity contribution in [3.63, 3.8) is 0 Å². The van der Waals surface area contributed by atoms with Gasteiger partial charge in [0.1, 0.15) is 0 Å². The first kappa shape index (κ1) is 8.63. The number of nitrogens with two attached hydrogens (primary N) is 1. The summed E-state index contributed by atoms with van der Waals surface area (Å²) in [4.78, 5) is 0. The number of hydrogen-bond donors (Lipinski definition) is 1. The van der Waals surface area contributed by atoms with Gasteiger partial charge in [-0.25, -0.2) is 8.78 Å². The molecule has 1 unspecified atom stereocenters. The summed E-state index contributed by atoms with van der Waals surface area (Å²) < 4.78 is 26.4. The minimum absolute atomic E-state index is 0.217. The Hall–Kier alpha value is -0.960. The average molecular weight is 183 g/mol. The van der Waals surface area contributed by atoms with E-state index in [9.17, 15) is 8.78 Å². The molecule has 13 heavy (non-hydrogen) atoms. The number of hydrogen-bond acceptors (Lipinski definition) is 1. The number of aryl methyl sites for hydroxylation is 1. The van der Waals surface area contributed by atoms with E-state index in [-0.39, 0.29) is 6.42 Å². The minimum Gasteiger partial charge on any atom is -0.319 e. The summed E-state index contributed by atoms with van der Waals surface area (Å²) in [7, 11) is 0. The Balaban J connectivity index is 2.57. The average Bonchev–Trinajstić information content (AvgIpc) is 2.24. The molecule has 0 amide bonds. The van der Waals surface area contributed by atoms with E-state index in [0.29, 0.717) is 11.1 Å². The van der Waals surface area contributed by atoms with Crippen LogP contribution in [0.4, 0.5) is 8.78 Å². The monoisotopic (exact) mass is 183 g/mol. The molecular formula is C10H11F2N. The third kappa shape index (κ3) is 1.15. The van der Waals surface area contributed by atoms with Crippen molar-refractivity contribution in [3.05, 3.63) is 34.9 Å². The van der Waals surface area contributed by atoms with Gasteiger partial charge in [-0.2, -0.15) is 0 Å². The molecule has 0 radical (unpaired) electrons. The molecule has 3 heteroatoms. The van der Waals surface area contributed by atoms with Crippen LogP contribution in [0.5, 0.6) is 0 Å². The molecule has 2 rings (SSSR count). The van der Waals surface area contributed by atoms with Gasteiger partial charge in [0.25, 0.3) is 5.92 Å². The molecule has 0 aliphatic heterocycles. The van der Waals surface area contributed by atoms with E-state index in [1.54, 1.807) is 12.1 Å². The number of benzene rings is 1. The molecule has 1 nitrogen and oxygen atoms in total. The largest absolute Gasteiger partial charge is 0.319 e. The lowest BCUT2D eigenvalue weighted by Gasteiger charge is -2.15. The van der Waals surface area contributed by atoms with Crippen molar-refractivity contribution >= 4 is 0 Å². The second-order valence-electron chi connectivity index (χ2n) is 3.56. The molecule has 0 saturated heterocycles. The third-order valence-electron chi connectivity index (χ3n) is 2.61. The summed E-state index contributed by atoms with van der Waals surface area (Å²) in [5.41, 5.74) is 7.66. The fourth-order valence-corrected chi connectivity index (χ4v) is 1.92. The summed E-state index contributed by atoms with van der Waals surface area (Å²) in [5, 5.41) is 0. The van der Waals surface area contributed by atoms with Crippen LogP contribution in [-0.2, 0) is 6.42 Å². The van der Waals surface area contributed by atoms with Crippen LogP contribution < -0.4 is 5.73 Å². The first-order valence-electron chi connectivity index (χ1n) is 4.24. The first-order valence-corrected chi connectivity index (χ1v) is 4.24. The molecular weight excluding hydrogens is 172 g/mol. The van der Waals surface area contributed by atoms with Crippen LogP contribution in [0.2, 0.25) is 0 Å². The predicted molar refractivity (Wildman–Crippen MR) is 46.8 cm³/mol. The van der Waals surface area contributed by atoms with Gasteiger partial charge in [0, 0.05) is 6.42 Å². The molecule has 0 spiro atoms. The lowest BCUT2D eigenvalue weighted by Crippen LogP contribution is -2.29. The highest BCUT2D eigenvalue weighted by Gasteiger charge is 2.45. The Morgan fingerprint density at radius 3 is 2.77 bits per heavy atom. The van der Waals surface area contributed by atoms with Gasteiger partial charge in [-0.05, 0) is 23.6 Å². The van der Waals surface area contributed by atoms with Gasteiger partial charge >= 0.3 is 0 Å². The van der Waals surface area contributed by atoms with E-state index in [0.717, 1.165) is 5.56 Å². The van der Waals surface area contributed by atoms with Crippen molar-refractivity contribution in [1.82, 2.24) is 0 Å². The molecule has 0 saturated carbocycles. The van der Waals surface area contributed by atoms with Crippen LogP contribution >= 0.6 is 0 Å². The van der Waals surface area contributed by atoms with Gasteiger partial charge in [-0.3, -0.25) is 0 Å². The van der Waals surface area contributed by atoms with Crippen LogP contribution in [0.25, 0.3) is 0 Å². The second kappa shape index (κ2) is 2.51. The van der Waals surface area contributed by atoms with Crippen molar-refractivity contribution in [3.8, 4) is 0 Å². The van der Waals surface area contributed by atoms with Crippen molar-refractivity contribution < 1.29 is 8.78 Å². The van der Waals surface area contributed by atoms with Crippen LogP contribution in [0.1, 0.15) is 22.7 Å². The molecule has 1 atom stereocenters. The summed E-state index contributed by atoms with van der Waals surface area (Å²) in [6.45, 7) is 1.82. The highest BCUT2D eigenvalue weighted by molar-refractivity contribution is 5.43. The summed E-state index contributed by atoms with van der Waals surface area (Å²) >= 11 is 0. The molecule has 0 bridgehead atoms. The summed E-state index contributed by atoms with van der Waals surface area (Å²) in [6, 6.07) is 4.22. The molecule has 1 aromatic rings. The summed E-state index contributed by atoms with van der Waals surface area (Å²) in [5.74, 6) is -2.77. The van der Waals surface area contributed by atoms with Crippen LogP contribution in [0, 0.1) is 6.92 Å². The zero-order valence-electron chi connectivity index (χ0n) is 7.35. The molecule has 1 aliphatic rings. The van der Waals surface area contributed by atoms with Gasteiger partial charge in [-0.1, -0.05) is 18.2 Å². The van der Waals surface area contributed by atoms with Gasteiger partial charge in [0.15, 0.2) is 0 Å². The Morgan fingerprint density at radius 2 is 2.15 bits per heavy atom. The zero-order chi connectivity index (χ0) is 9.64. The maximum atomic E-state index is 13.2. The SMILES string of the molecule is Cc1cccc2c1C(N)C(F)(F)C2. The number of alkyl halides is 2. The van der Waals surface area contributed by atoms with Crippen LogP contribution in [0.3, 0.4) is 0 Å². The number of fused-ring (bicyclic) bond motifs is 1. The lowest BCUT2D eigenvalue weighted by molar-refractivity contribution is -0.0136. The quantitative estimate of drug-likeness (QED) is 0.655. The highest BCUT2D eigenvalue weighted by atomic mass is 19.3. The van der Waals surface area contributed by atoms with E-state index < -0.39 is 12.0 Å². The van der Waals surface area contributed by atoms with Crippen LogP contribution in [-0.4, -0.2) is 5.92 Å². The Bertz CT molecular complexity index is 347. The number of rotatable bonds is 0. The molecule has 1 aliphatic carbocycles. The second-order valence-corrected chi connectivity index (χ2v) is 3.56. The van der Waals surface area contributed by atoms with Gasteiger partial charge in [-0.15, -0.1) is 0 Å². The van der Waals surface area contributed by atoms with Gasteiger partial charge < -0.3 is 5.73 Å². The standard InChI is InChI=1S/C10H11F2N/c1-6-3-2-4-7-5-10(11,12)9(13)8(6)7/h2-4,9H,5,13H2,1H3. The van der Waals surface area contributed by atoms with Crippen LogP contribution in [0.15, 0.2) is 18.2 Å². The van der Waals surface area contributed by atoms with Crippen molar-refractivity contribution in [1.29, 1.82) is 0 Å². The molecule has 0 aromatic heterocycles. The van der Waals surface area contributed by atoms with E-state index in [4.69, 9.17) is 5.73 Å². The Morgan fingerprint density at radius 1 is 1.46 bits per heavy atom. The molecule has 0 heterocycles. The highest BCUT2D eigenvalue weighted by Crippen LogP contribution is 2.42. The third-order valence-corrected chi connectivity index (χ3v) is 2.61. The normalized spacial score (nSPS) is 24.5. The topological polar surface area (TPSA) is 26.0 Å². The van der Waals surface area contributed by atoms with Gasteiger partial charge in [0.05, 0.1) is 6.04 Å². The predicted octanol–water partition coefficient (Wildman–Crippen LogP) is 2.19. The molecule has 1 aromatic carbocycles. The lowest BCUT2D eigenvalue weighted by atomic mass is 10.0. The van der Waals surface area contributed by atoms with Crippen molar-refractivity contribution in [2.75, 3.05) is 0 Å². The molecule has 0 fully saturated rings. The molecule has 70 valence electrons. The van der Waals surface area contributed by atoms with E-state index >= 15 is 0 Å². The number of halogens is 2. The maximum absolute atomic E-state index is 13.2. The fourth-order valence-electron chi connectivity index (χ4n) is 1.92. The van der Waals surface area contributed by atoms with E-state index in [1.165, 1.54) is 0 Å². The Labute approximate surface area is 75.6 Å². The Kier molecular flexibility index (Phi) is 1.67. The van der Waals surface area contributed by atoms with E-state index in [1.807, 2.05) is 13.0 Å². The van der Waals surface area contributed by atoms with E-state index in [2.05, 4.69) is 0 Å². The maximum Gasteiger partial charge on any atom is 0.271 e. The summed E-state index contributed by atoms with van der Waals surface area (Å²) in [6.07, 6.45) is -0.217. The van der Waals surface area contributed by atoms with Crippen molar-refractivity contribution in [2.24, 2.45) is 5.73 Å². The van der Waals surface area contributed by atoms with Gasteiger partial charge in [0.2, 0.25) is 0 Å².